The molecular formula is C14H26N2O2. The Morgan fingerprint density at radius 3 is 2.33 bits per heavy atom. The smallest absolute Gasteiger partial charge is 0.223 e. The van der Waals surface area contributed by atoms with Crippen LogP contribution in [0.25, 0.3) is 0 Å². The van der Waals surface area contributed by atoms with E-state index in [0.29, 0.717) is 0 Å². The largest absolute Gasteiger partial charge is 0.353 e. The fraction of sp³-hybridized carbons (Fsp3) is 0.857. The monoisotopic (exact) mass is 254 g/mol. The van der Waals surface area contributed by atoms with Crippen LogP contribution in [0.3, 0.4) is 0 Å². The molecule has 4 nitrogen and oxygen atoms in total. The van der Waals surface area contributed by atoms with E-state index >= 15 is 0 Å². The zero-order chi connectivity index (χ0) is 13.5. The van der Waals surface area contributed by atoms with Crippen LogP contribution < -0.4 is 5.32 Å². The second kappa shape index (κ2) is 7.39. The number of nitrogens with one attached hydrogen (secondary N) is 1. The maximum absolute atomic E-state index is 12.1. The average molecular weight is 254 g/mol. The van der Waals surface area contributed by atoms with Gasteiger partial charge in [-0.25, -0.2) is 0 Å². The average Bonchev–Trinajstić information content (AvgIpc) is 2.36. The molecule has 0 radical (unpaired) electrons. The zero-order valence-corrected chi connectivity index (χ0v) is 11.9. The summed E-state index contributed by atoms with van der Waals surface area (Å²) in [6.07, 6.45) is 4.69. The van der Waals surface area contributed by atoms with Crippen molar-refractivity contribution in [2.24, 2.45) is 5.92 Å². The number of carbonyl (C=O) groups is 2. The number of nitrogens with zero attached hydrogens (tertiary/aromatic N) is 1. The SMILES string of the molecule is CCCC(CC)C(=O)NC1CCN(C(C)=O)CC1. The molecule has 0 aromatic rings. The number of likely N-dealkylation sites (tertiary alicyclic amines) is 1. The lowest BCUT2D eigenvalue weighted by atomic mass is 9.98. The van der Waals surface area contributed by atoms with Crippen LogP contribution in [-0.2, 0) is 9.59 Å². The predicted molar refractivity (Wildman–Crippen MR) is 72.1 cm³/mol. The molecule has 1 atom stereocenters. The van der Waals surface area contributed by atoms with Crippen LogP contribution in [0.5, 0.6) is 0 Å². The Balaban J connectivity index is 2.35. The van der Waals surface area contributed by atoms with Gasteiger partial charge in [-0.2, -0.15) is 0 Å². The first-order valence-corrected chi connectivity index (χ1v) is 7.14. The Hall–Kier alpha value is -1.06. The molecule has 1 unspecified atom stereocenters. The minimum Gasteiger partial charge on any atom is -0.353 e. The van der Waals surface area contributed by atoms with Gasteiger partial charge >= 0.3 is 0 Å². The van der Waals surface area contributed by atoms with Gasteiger partial charge in [0.1, 0.15) is 0 Å². The van der Waals surface area contributed by atoms with Gasteiger partial charge in [-0.3, -0.25) is 9.59 Å². The highest BCUT2D eigenvalue weighted by molar-refractivity contribution is 5.79. The number of rotatable bonds is 5. The van der Waals surface area contributed by atoms with Crippen LogP contribution in [0.1, 0.15) is 52.9 Å². The summed E-state index contributed by atoms with van der Waals surface area (Å²) in [7, 11) is 0. The van der Waals surface area contributed by atoms with Gasteiger partial charge in [0.2, 0.25) is 11.8 Å². The highest BCUT2D eigenvalue weighted by atomic mass is 16.2. The molecule has 4 heteroatoms. The third-order valence-corrected chi connectivity index (χ3v) is 3.79. The minimum atomic E-state index is 0.136. The Kier molecular flexibility index (Phi) is 6.16. The topological polar surface area (TPSA) is 49.4 Å². The molecule has 0 aromatic heterocycles. The second-order valence-electron chi connectivity index (χ2n) is 5.18. The van der Waals surface area contributed by atoms with Crippen molar-refractivity contribution in [1.82, 2.24) is 10.2 Å². The summed E-state index contributed by atoms with van der Waals surface area (Å²) in [5.74, 6) is 0.485. The van der Waals surface area contributed by atoms with E-state index < -0.39 is 0 Å². The van der Waals surface area contributed by atoms with Gasteiger partial charge in [0.05, 0.1) is 0 Å². The molecule has 0 aliphatic carbocycles. The fourth-order valence-corrected chi connectivity index (χ4v) is 2.53. The van der Waals surface area contributed by atoms with Gasteiger partial charge in [-0.05, 0) is 25.7 Å². The summed E-state index contributed by atoms with van der Waals surface area (Å²) in [6.45, 7) is 7.32. The molecule has 1 fully saturated rings. The third-order valence-electron chi connectivity index (χ3n) is 3.79. The van der Waals surface area contributed by atoms with Crippen molar-refractivity contribution in [3.05, 3.63) is 0 Å². The van der Waals surface area contributed by atoms with E-state index in [1.54, 1.807) is 6.92 Å². The molecular weight excluding hydrogens is 228 g/mol. The van der Waals surface area contributed by atoms with Gasteiger partial charge in [-0.15, -0.1) is 0 Å². The highest BCUT2D eigenvalue weighted by Gasteiger charge is 2.24. The van der Waals surface area contributed by atoms with E-state index in [4.69, 9.17) is 0 Å². The zero-order valence-electron chi connectivity index (χ0n) is 11.9. The Bertz CT molecular complexity index is 284. The maximum atomic E-state index is 12.1. The number of piperidine rings is 1. The van der Waals surface area contributed by atoms with Crippen molar-refractivity contribution in [2.45, 2.75) is 58.9 Å². The van der Waals surface area contributed by atoms with Crippen LogP contribution in [0.4, 0.5) is 0 Å². The normalized spacial score (nSPS) is 18.5. The number of hydrogen-bond acceptors (Lipinski definition) is 2. The number of hydrogen-bond donors (Lipinski definition) is 1. The lowest BCUT2D eigenvalue weighted by Crippen LogP contribution is -2.47. The van der Waals surface area contributed by atoms with Crippen LogP contribution in [0.2, 0.25) is 0 Å². The summed E-state index contributed by atoms with van der Waals surface area (Å²) < 4.78 is 0. The van der Waals surface area contributed by atoms with E-state index in [2.05, 4.69) is 19.2 Å². The Morgan fingerprint density at radius 1 is 1.28 bits per heavy atom. The van der Waals surface area contributed by atoms with Crippen molar-refractivity contribution in [2.75, 3.05) is 13.1 Å². The quantitative estimate of drug-likeness (QED) is 0.815. The van der Waals surface area contributed by atoms with E-state index in [9.17, 15) is 9.59 Å². The third kappa shape index (κ3) is 4.31. The fourth-order valence-electron chi connectivity index (χ4n) is 2.53. The number of carbonyl (C=O) groups excluding carboxylic acids is 2. The standard InChI is InChI=1S/C14H26N2O2/c1-4-6-12(5-2)14(18)15-13-7-9-16(10-8-13)11(3)17/h12-13H,4-10H2,1-3H3,(H,15,18). The van der Waals surface area contributed by atoms with Gasteiger partial charge < -0.3 is 10.2 Å². The van der Waals surface area contributed by atoms with E-state index in [0.717, 1.165) is 45.2 Å². The molecule has 1 heterocycles. The summed E-state index contributed by atoms with van der Waals surface area (Å²) >= 11 is 0. The lowest BCUT2D eigenvalue weighted by Gasteiger charge is -2.32. The summed E-state index contributed by atoms with van der Waals surface area (Å²) in [5.41, 5.74) is 0. The van der Waals surface area contributed by atoms with Crippen molar-refractivity contribution in [3.63, 3.8) is 0 Å². The summed E-state index contributed by atoms with van der Waals surface area (Å²) in [4.78, 5) is 25.1. The molecule has 1 aliphatic heterocycles. The molecule has 0 aromatic carbocycles. The Labute approximate surface area is 110 Å². The van der Waals surface area contributed by atoms with Crippen molar-refractivity contribution >= 4 is 11.8 Å². The molecule has 0 saturated carbocycles. The second-order valence-corrected chi connectivity index (χ2v) is 5.18. The van der Waals surface area contributed by atoms with Crippen LogP contribution in [-0.4, -0.2) is 35.8 Å². The maximum Gasteiger partial charge on any atom is 0.223 e. The molecule has 0 spiro atoms. The van der Waals surface area contributed by atoms with Gasteiger partial charge in [-0.1, -0.05) is 20.3 Å². The van der Waals surface area contributed by atoms with Crippen molar-refractivity contribution in [3.8, 4) is 0 Å². The molecule has 1 saturated heterocycles. The minimum absolute atomic E-state index is 0.136. The van der Waals surface area contributed by atoms with Crippen molar-refractivity contribution < 1.29 is 9.59 Å². The molecule has 18 heavy (non-hydrogen) atoms. The molecule has 1 N–H and O–H groups in total. The lowest BCUT2D eigenvalue weighted by molar-refractivity contribution is -0.130. The Morgan fingerprint density at radius 2 is 1.89 bits per heavy atom. The molecule has 1 rings (SSSR count). The van der Waals surface area contributed by atoms with E-state index in [1.807, 2.05) is 4.90 Å². The predicted octanol–water partition coefficient (Wildman–Crippen LogP) is 1.94. The van der Waals surface area contributed by atoms with Gasteiger partial charge in [0, 0.05) is 32.0 Å². The first kappa shape index (κ1) is 15.0. The van der Waals surface area contributed by atoms with E-state index in [1.165, 1.54) is 0 Å². The van der Waals surface area contributed by atoms with E-state index in [-0.39, 0.29) is 23.8 Å². The van der Waals surface area contributed by atoms with Crippen LogP contribution in [0, 0.1) is 5.92 Å². The van der Waals surface area contributed by atoms with Crippen LogP contribution >= 0.6 is 0 Å². The van der Waals surface area contributed by atoms with Gasteiger partial charge in [0.15, 0.2) is 0 Å². The molecule has 0 bridgehead atoms. The molecule has 1 aliphatic rings. The molecule has 2 amide bonds. The van der Waals surface area contributed by atoms with Crippen molar-refractivity contribution in [1.29, 1.82) is 0 Å². The highest BCUT2D eigenvalue weighted by Crippen LogP contribution is 2.14. The van der Waals surface area contributed by atoms with Gasteiger partial charge in [0.25, 0.3) is 0 Å². The summed E-state index contributed by atoms with van der Waals surface area (Å²) in [6, 6.07) is 0.249. The molecule has 104 valence electrons. The summed E-state index contributed by atoms with van der Waals surface area (Å²) in [5, 5.41) is 3.14. The first-order chi connectivity index (χ1) is 8.58. The first-order valence-electron chi connectivity index (χ1n) is 7.14. The number of amides is 2. The van der Waals surface area contributed by atoms with Crippen LogP contribution in [0.15, 0.2) is 0 Å².